The maximum absolute atomic E-state index is 12.4. The van der Waals surface area contributed by atoms with Crippen molar-refractivity contribution in [1.29, 1.82) is 0 Å². The smallest absolute Gasteiger partial charge is 0.407 e. The van der Waals surface area contributed by atoms with Crippen LogP contribution in [0.15, 0.2) is 12.3 Å². The average molecular weight is 328 g/mol. The molecular weight excluding hydrogens is 306 g/mol. The summed E-state index contributed by atoms with van der Waals surface area (Å²) in [6.07, 6.45) is 2.89. The van der Waals surface area contributed by atoms with Gasteiger partial charge in [-0.05, 0) is 39.7 Å². The molecule has 0 aliphatic carbocycles. The van der Waals surface area contributed by atoms with Crippen LogP contribution in [-0.4, -0.2) is 46.6 Å². The topological polar surface area (TPSA) is 74.4 Å². The van der Waals surface area contributed by atoms with Crippen LogP contribution in [0.25, 0.3) is 0 Å². The molecule has 122 valence electrons. The lowest BCUT2D eigenvalue weighted by Crippen LogP contribution is -2.44. The molecule has 0 spiro atoms. The van der Waals surface area contributed by atoms with Gasteiger partial charge in [-0.3, -0.25) is 4.79 Å². The number of halogens is 1. The van der Waals surface area contributed by atoms with E-state index in [0.29, 0.717) is 23.8 Å². The zero-order valence-corrected chi connectivity index (χ0v) is 13.9. The minimum atomic E-state index is -0.531. The van der Waals surface area contributed by atoms with E-state index in [9.17, 15) is 9.59 Å². The van der Waals surface area contributed by atoms with E-state index in [0.717, 1.165) is 12.8 Å². The third-order valence-electron chi connectivity index (χ3n) is 3.40. The second kappa shape index (κ2) is 6.60. The first-order valence-corrected chi connectivity index (χ1v) is 7.76. The SMILES string of the molecule is CC(C)(C)OC(=O)NCC1CCCN1C(=O)c1cc(Cl)c[nH]1. The highest BCUT2D eigenvalue weighted by Gasteiger charge is 2.30. The monoisotopic (exact) mass is 327 g/mol. The van der Waals surface area contributed by atoms with Gasteiger partial charge in [-0.25, -0.2) is 4.79 Å². The minimum absolute atomic E-state index is 0.0258. The Balaban J connectivity index is 1.91. The molecule has 1 aromatic heterocycles. The summed E-state index contributed by atoms with van der Waals surface area (Å²) in [4.78, 5) is 28.8. The van der Waals surface area contributed by atoms with E-state index in [1.165, 1.54) is 0 Å². The molecule has 1 saturated heterocycles. The Bertz CT molecular complexity index is 550. The van der Waals surface area contributed by atoms with Crippen LogP contribution in [0.1, 0.15) is 44.1 Å². The normalized spacial score (nSPS) is 18.4. The van der Waals surface area contributed by atoms with E-state index in [1.807, 2.05) is 20.8 Å². The number of carbonyl (C=O) groups is 2. The van der Waals surface area contributed by atoms with E-state index in [4.69, 9.17) is 16.3 Å². The summed E-state index contributed by atoms with van der Waals surface area (Å²) in [5.74, 6) is -0.0969. The molecule has 7 heteroatoms. The number of ether oxygens (including phenoxy) is 1. The lowest BCUT2D eigenvalue weighted by molar-refractivity contribution is 0.0501. The average Bonchev–Trinajstić information content (AvgIpc) is 3.02. The molecular formula is C15H22ClN3O3. The highest BCUT2D eigenvalue weighted by atomic mass is 35.5. The van der Waals surface area contributed by atoms with E-state index in [1.54, 1.807) is 17.2 Å². The molecule has 0 saturated carbocycles. The van der Waals surface area contributed by atoms with Gasteiger partial charge >= 0.3 is 6.09 Å². The quantitative estimate of drug-likeness (QED) is 0.896. The zero-order valence-electron chi connectivity index (χ0n) is 13.1. The number of alkyl carbamates (subject to hydrolysis) is 1. The fourth-order valence-corrected chi connectivity index (χ4v) is 2.64. The van der Waals surface area contributed by atoms with Gasteiger partial charge in [-0.2, -0.15) is 0 Å². The Morgan fingerprint density at radius 3 is 2.82 bits per heavy atom. The Morgan fingerprint density at radius 2 is 2.23 bits per heavy atom. The van der Waals surface area contributed by atoms with Gasteiger partial charge in [0.2, 0.25) is 0 Å². The fraction of sp³-hybridized carbons (Fsp3) is 0.600. The first kappa shape index (κ1) is 16.7. The van der Waals surface area contributed by atoms with Gasteiger partial charge in [0, 0.05) is 25.3 Å². The maximum atomic E-state index is 12.4. The number of nitrogens with zero attached hydrogens (tertiary/aromatic N) is 1. The van der Waals surface area contributed by atoms with Gasteiger partial charge in [0.25, 0.3) is 5.91 Å². The van der Waals surface area contributed by atoms with Crippen LogP contribution < -0.4 is 5.32 Å². The van der Waals surface area contributed by atoms with Crippen molar-refractivity contribution in [2.75, 3.05) is 13.1 Å². The molecule has 2 heterocycles. The first-order valence-electron chi connectivity index (χ1n) is 7.38. The van der Waals surface area contributed by atoms with Crippen LogP contribution >= 0.6 is 11.6 Å². The number of carbonyl (C=O) groups excluding carboxylic acids is 2. The summed E-state index contributed by atoms with van der Waals surface area (Å²) in [7, 11) is 0. The molecule has 1 fully saturated rings. The van der Waals surface area contributed by atoms with Crippen molar-refractivity contribution in [1.82, 2.24) is 15.2 Å². The zero-order chi connectivity index (χ0) is 16.3. The Kier molecular flexibility index (Phi) is 5.01. The van der Waals surface area contributed by atoms with Crippen LogP contribution in [0.2, 0.25) is 5.02 Å². The van der Waals surface area contributed by atoms with Crippen molar-refractivity contribution < 1.29 is 14.3 Å². The van der Waals surface area contributed by atoms with Gasteiger partial charge in [-0.15, -0.1) is 0 Å². The third-order valence-corrected chi connectivity index (χ3v) is 3.62. The Labute approximate surface area is 135 Å². The number of rotatable bonds is 3. The van der Waals surface area contributed by atoms with Crippen molar-refractivity contribution in [3.8, 4) is 0 Å². The van der Waals surface area contributed by atoms with Crippen LogP contribution in [0.3, 0.4) is 0 Å². The summed E-state index contributed by atoms with van der Waals surface area (Å²) in [5.41, 5.74) is -0.0647. The predicted octanol–water partition coefficient (Wildman–Crippen LogP) is 2.80. The van der Waals surface area contributed by atoms with Gasteiger partial charge in [0.05, 0.1) is 5.02 Å². The molecule has 2 amide bonds. The molecule has 1 aliphatic rings. The lowest BCUT2D eigenvalue weighted by atomic mass is 10.2. The number of hydrogen-bond donors (Lipinski definition) is 2. The van der Waals surface area contributed by atoms with Crippen molar-refractivity contribution >= 4 is 23.6 Å². The molecule has 0 radical (unpaired) electrons. The summed E-state index contributed by atoms with van der Waals surface area (Å²) in [6, 6.07) is 1.59. The van der Waals surface area contributed by atoms with E-state index >= 15 is 0 Å². The van der Waals surface area contributed by atoms with Crippen molar-refractivity contribution in [3.05, 3.63) is 23.0 Å². The van der Waals surface area contributed by atoms with Crippen molar-refractivity contribution in [2.24, 2.45) is 0 Å². The highest BCUT2D eigenvalue weighted by molar-refractivity contribution is 6.30. The molecule has 1 aliphatic heterocycles. The van der Waals surface area contributed by atoms with E-state index in [-0.39, 0.29) is 11.9 Å². The van der Waals surface area contributed by atoms with Gasteiger partial charge in [0.1, 0.15) is 11.3 Å². The number of amides is 2. The van der Waals surface area contributed by atoms with Crippen molar-refractivity contribution in [3.63, 3.8) is 0 Å². The summed E-state index contributed by atoms with van der Waals surface area (Å²) < 4.78 is 5.20. The largest absolute Gasteiger partial charge is 0.444 e. The molecule has 6 nitrogen and oxygen atoms in total. The standard InChI is InChI=1S/C15H22ClN3O3/c1-15(2,3)22-14(21)18-9-11-5-4-6-19(11)13(20)12-7-10(16)8-17-12/h7-8,11,17H,4-6,9H2,1-3H3,(H,18,21). The molecule has 22 heavy (non-hydrogen) atoms. The molecule has 0 bridgehead atoms. The van der Waals surface area contributed by atoms with Gasteiger partial charge < -0.3 is 19.9 Å². The lowest BCUT2D eigenvalue weighted by Gasteiger charge is -2.25. The molecule has 1 unspecified atom stereocenters. The number of aromatic amines is 1. The van der Waals surface area contributed by atoms with Gasteiger partial charge in [0.15, 0.2) is 0 Å². The van der Waals surface area contributed by atoms with E-state index < -0.39 is 11.7 Å². The number of hydrogen-bond acceptors (Lipinski definition) is 3. The Morgan fingerprint density at radius 1 is 1.50 bits per heavy atom. The third kappa shape index (κ3) is 4.40. The molecule has 1 atom stereocenters. The van der Waals surface area contributed by atoms with Crippen LogP contribution in [0.4, 0.5) is 4.79 Å². The number of H-pyrrole nitrogens is 1. The number of nitrogens with one attached hydrogen (secondary N) is 2. The van der Waals surface area contributed by atoms with E-state index in [2.05, 4.69) is 10.3 Å². The minimum Gasteiger partial charge on any atom is -0.444 e. The second-order valence-electron chi connectivity index (χ2n) is 6.41. The number of likely N-dealkylation sites (tertiary alicyclic amines) is 1. The van der Waals surface area contributed by atoms with Crippen LogP contribution in [0.5, 0.6) is 0 Å². The first-order chi connectivity index (χ1) is 10.3. The molecule has 0 aromatic carbocycles. The molecule has 1 aromatic rings. The summed E-state index contributed by atoms with van der Waals surface area (Å²) in [6.45, 7) is 6.50. The maximum Gasteiger partial charge on any atom is 0.407 e. The van der Waals surface area contributed by atoms with Crippen LogP contribution in [0, 0.1) is 0 Å². The van der Waals surface area contributed by atoms with Crippen molar-refractivity contribution in [2.45, 2.75) is 45.3 Å². The number of aromatic nitrogens is 1. The summed E-state index contributed by atoms with van der Waals surface area (Å²) >= 11 is 5.84. The molecule has 2 rings (SSSR count). The Hall–Kier alpha value is -1.69. The highest BCUT2D eigenvalue weighted by Crippen LogP contribution is 2.20. The summed E-state index contributed by atoms with van der Waals surface area (Å²) in [5, 5.41) is 3.24. The second-order valence-corrected chi connectivity index (χ2v) is 6.85. The van der Waals surface area contributed by atoms with Gasteiger partial charge in [-0.1, -0.05) is 11.6 Å². The fourth-order valence-electron chi connectivity index (χ4n) is 2.48. The predicted molar refractivity (Wildman–Crippen MR) is 84.1 cm³/mol. The van der Waals surface area contributed by atoms with Crippen LogP contribution in [-0.2, 0) is 4.74 Å². The molecule has 2 N–H and O–H groups in total.